The van der Waals surface area contributed by atoms with E-state index in [-0.39, 0.29) is 22.6 Å². The van der Waals surface area contributed by atoms with Gasteiger partial charge in [-0.25, -0.2) is 8.78 Å². The van der Waals surface area contributed by atoms with E-state index in [0.717, 1.165) is 56.8 Å². The van der Waals surface area contributed by atoms with Gasteiger partial charge in [0.1, 0.15) is 17.7 Å². The predicted molar refractivity (Wildman–Crippen MR) is 169 cm³/mol. The van der Waals surface area contributed by atoms with Gasteiger partial charge in [-0.3, -0.25) is 9.45 Å². The van der Waals surface area contributed by atoms with Crippen LogP contribution in [0.1, 0.15) is 29.2 Å². The van der Waals surface area contributed by atoms with Crippen molar-refractivity contribution in [3.63, 3.8) is 0 Å². The second-order valence-electron chi connectivity index (χ2n) is 10.7. The Bertz CT molecular complexity index is 1470. The summed E-state index contributed by atoms with van der Waals surface area (Å²) in [5.74, 6) is -0.559. The van der Waals surface area contributed by atoms with E-state index in [1.807, 2.05) is 0 Å². The molecular weight excluding hydrogens is 584 g/mol. The van der Waals surface area contributed by atoms with E-state index < -0.39 is 10.1 Å². The third kappa shape index (κ3) is 10.8. The van der Waals surface area contributed by atoms with Crippen molar-refractivity contribution in [2.75, 3.05) is 51.6 Å². The Morgan fingerprint density at radius 2 is 1.23 bits per heavy atom. The van der Waals surface area contributed by atoms with Crippen LogP contribution in [0.15, 0.2) is 108 Å². The summed E-state index contributed by atoms with van der Waals surface area (Å²) in [6.07, 6.45) is 1.97. The highest BCUT2D eigenvalue weighted by molar-refractivity contribution is 7.85. The molecule has 0 saturated carbocycles. The van der Waals surface area contributed by atoms with Gasteiger partial charge in [0.05, 0.1) is 11.5 Å². The molecule has 1 aliphatic rings. The van der Waals surface area contributed by atoms with Crippen LogP contribution >= 0.6 is 0 Å². The number of benzene rings is 4. The first-order valence-electron chi connectivity index (χ1n) is 14.6. The van der Waals surface area contributed by atoms with Crippen LogP contribution in [0, 0.1) is 11.6 Å². The Morgan fingerprint density at radius 1 is 0.727 bits per heavy atom. The first kappa shape index (κ1) is 33.2. The standard InChI is InChI=1S/C28H32F2N2O.C6H7NO3S/c29-26-12-8-24(9-13-26)28(25-10-14-27(30)15-11-25)33-22-21-32-19-17-31(18-20-32)16-4-7-23-5-2-1-3-6-23;7-5-1-3-6(4-2-5)11(8,9)10/h1-3,5-6,8-15,28H,4,7,16-22H2;1-4H,7H2,(H,8,9,10). The highest BCUT2D eigenvalue weighted by Crippen LogP contribution is 2.26. The van der Waals surface area contributed by atoms with Crippen molar-refractivity contribution >= 4 is 15.8 Å². The minimum absolute atomic E-state index is 0.147. The highest BCUT2D eigenvalue weighted by Gasteiger charge is 2.19. The molecule has 7 nitrogen and oxygen atoms in total. The maximum absolute atomic E-state index is 13.4. The van der Waals surface area contributed by atoms with Crippen molar-refractivity contribution in [3.05, 3.63) is 131 Å². The number of ether oxygens (including phenoxy) is 1. The minimum Gasteiger partial charge on any atom is -0.399 e. The van der Waals surface area contributed by atoms with E-state index >= 15 is 0 Å². The van der Waals surface area contributed by atoms with Crippen molar-refractivity contribution in [2.24, 2.45) is 0 Å². The number of piperazine rings is 1. The molecule has 10 heteroatoms. The van der Waals surface area contributed by atoms with E-state index in [4.69, 9.17) is 15.0 Å². The fourth-order valence-corrected chi connectivity index (χ4v) is 5.47. The first-order chi connectivity index (χ1) is 21.2. The van der Waals surface area contributed by atoms with E-state index in [9.17, 15) is 17.2 Å². The van der Waals surface area contributed by atoms with Crippen molar-refractivity contribution < 1.29 is 26.5 Å². The van der Waals surface area contributed by atoms with Crippen LogP contribution < -0.4 is 5.73 Å². The number of rotatable bonds is 11. The Labute approximate surface area is 258 Å². The molecule has 1 aliphatic heterocycles. The lowest BCUT2D eigenvalue weighted by molar-refractivity contribution is 0.0451. The Hall–Kier alpha value is -3.67. The number of nitrogens with zero attached hydrogens (tertiary/aromatic N) is 2. The Morgan fingerprint density at radius 3 is 1.73 bits per heavy atom. The molecule has 4 aromatic carbocycles. The fraction of sp³-hybridized carbons (Fsp3) is 0.294. The maximum Gasteiger partial charge on any atom is 0.294 e. The monoisotopic (exact) mass is 623 g/mol. The maximum atomic E-state index is 13.4. The van der Waals surface area contributed by atoms with Gasteiger partial charge in [-0.1, -0.05) is 54.6 Å². The van der Waals surface area contributed by atoms with E-state index in [0.29, 0.717) is 12.3 Å². The molecule has 0 aromatic heterocycles. The van der Waals surface area contributed by atoms with E-state index in [1.54, 1.807) is 24.3 Å². The number of nitrogen functional groups attached to an aromatic ring is 1. The summed E-state index contributed by atoms with van der Waals surface area (Å²) >= 11 is 0. The largest absolute Gasteiger partial charge is 0.399 e. The van der Waals surface area contributed by atoms with Crippen molar-refractivity contribution in [1.82, 2.24) is 9.80 Å². The average molecular weight is 624 g/mol. The molecule has 44 heavy (non-hydrogen) atoms. The number of aryl methyl sites for hydroxylation is 1. The first-order valence-corrected chi connectivity index (χ1v) is 16.1. The summed E-state index contributed by atoms with van der Waals surface area (Å²) in [6.45, 7) is 6.77. The van der Waals surface area contributed by atoms with Crippen molar-refractivity contribution in [2.45, 2.75) is 23.8 Å². The SMILES string of the molecule is Fc1ccc(C(OCCN2CCN(CCCc3ccccc3)CC2)c2ccc(F)cc2)cc1.Nc1ccc(S(=O)(=O)O)cc1. The molecule has 0 radical (unpaired) electrons. The summed E-state index contributed by atoms with van der Waals surface area (Å²) in [4.78, 5) is 4.83. The molecular formula is C34H39F2N3O4S. The zero-order valence-corrected chi connectivity index (χ0v) is 25.4. The topological polar surface area (TPSA) is 96.1 Å². The summed E-state index contributed by atoms with van der Waals surface area (Å²) in [5.41, 5.74) is 8.89. The molecule has 0 unspecified atom stereocenters. The molecule has 0 aliphatic carbocycles. The van der Waals surface area contributed by atoms with Gasteiger partial charge in [0.25, 0.3) is 10.1 Å². The van der Waals surface area contributed by atoms with Crippen LogP contribution in [0.3, 0.4) is 0 Å². The molecule has 0 spiro atoms. The number of halogens is 2. The van der Waals surface area contributed by atoms with Gasteiger partial charge in [0.15, 0.2) is 0 Å². The normalized spacial score (nSPS) is 14.3. The molecule has 1 heterocycles. The third-order valence-electron chi connectivity index (χ3n) is 7.46. The fourth-order valence-electron chi connectivity index (χ4n) is 4.99. The number of hydrogen-bond acceptors (Lipinski definition) is 6. The van der Waals surface area contributed by atoms with Gasteiger partial charge < -0.3 is 15.4 Å². The van der Waals surface area contributed by atoms with Crippen LogP contribution in [-0.4, -0.2) is 68.6 Å². The van der Waals surface area contributed by atoms with Crippen molar-refractivity contribution in [1.29, 1.82) is 0 Å². The zero-order valence-electron chi connectivity index (χ0n) is 24.6. The number of hydrogen-bond donors (Lipinski definition) is 2. The lowest BCUT2D eigenvalue weighted by Gasteiger charge is -2.35. The van der Waals surface area contributed by atoms with Crippen LogP contribution in [0.25, 0.3) is 0 Å². The van der Waals surface area contributed by atoms with Crippen LogP contribution in [0.2, 0.25) is 0 Å². The van der Waals surface area contributed by atoms with Crippen LogP contribution in [0.5, 0.6) is 0 Å². The van der Waals surface area contributed by atoms with Gasteiger partial charge in [-0.2, -0.15) is 8.42 Å². The van der Waals surface area contributed by atoms with Gasteiger partial charge in [0, 0.05) is 38.4 Å². The molecule has 1 saturated heterocycles. The quantitative estimate of drug-likeness (QED) is 0.160. The molecule has 0 atom stereocenters. The molecule has 4 aromatic rings. The molecule has 1 fully saturated rings. The van der Waals surface area contributed by atoms with Gasteiger partial charge >= 0.3 is 0 Å². The molecule has 0 amide bonds. The number of nitrogens with two attached hydrogens (primary N) is 1. The zero-order chi connectivity index (χ0) is 31.4. The van der Waals surface area contributed by atoms with Gasteiger partial charge in [0.2, 0.25) is 0 Å². The molecule has 234 valence electrons. The molecule has 5 rings (SSSR count). The highest BCUT2D eigenvalue weighted by atomic mass is 32.2. The van der Waals surface area contributed by atoms with Crippen LogP contribution in [-0.2, 0) is 21.3 Å². The summed E-state index contributed by atoms with van der Waals surface area (Å²) in [6, 6.07) is 28.6. The van der Waals surface area contributed by atoms with Gasteiger partial charge in [-0.05, 0) is 84.6 Å². The second-order valence-corrected chi connectivity index (χ2v) is 12.1. The van der Waals surface area contributed by atoms with Crippen molar-refractivity contribution in [3.8, 4) is 0 Å². The lowest BCUT2D eigenvalue weighted by atomic mass is 10.0. The summed E-state index contributed by atoms with van der Waals surface area (Å²) < 4.78 is 62.5. The average Bonchev–Trinajstić information content (AvgIpc) is 3.02. The Balaban J connectivity index is 0.000000339. The van der Waals surface area contributed by atoms with E-state index in [1.165, 1.54) is 60.5 Å². The summed E-state index contributed by atoms with van der Waals surface area (Å²) in [7, 11) is -4.08. The lowest BCUT2D eigenvalue weighted by Crippen LogP contribution is -2.47. The minimum atomic E-state index is -4.08. The van der Waals surface area contributed by atoms with E-state index in [2.05, 4.69) is 40.1 Å². The number of anilines is 1. The summed E-state index contributed by atoms with van der Waals surface area (Å²) in [5, 5.41) is 0. The predicted octanol–water partition coefficient (Wildman–Crippen LogP) is 5.84. The van der Waals surface area contributed by atoms with Crippen LogP contribution in [0.4, 0.5) is 14.5 Å². The molecule has 3 N–H and O–H groups in total. The second kappa shape index (κ2) is 16.4. The smallest absolute Gasteiger partial charge is 0.294 e. The molecule has 0 bridgehead atoms. The third-order valence-corrected chi connectivity index (χ3v) is 8.33. The van der Waals surface area contributed by atoms with Gasteiger partial charge in [-0.15, -0.1) is 0 Å². The Kier molecular flexibility index (Phi) is 12.4.